The lowest BCUT2D eigenvalue weighted by Crippen LogP contribution is -2.58. The van der Waals surface area contributed by atoms with Crippen LogP contribution in [0.1, 0.15) is 26.7 Å². The van der Waals surface area contributed by atoms with E-state index in [1.165, 1.54) is 0 Å². The van der Waals surface area contributed by atoms with Gasteiger partial charge >= 0.3 is 0 Å². The molecule has 3 heteroatoms. The lowest BCUT2D eigenvalue weighted by Gasteiger charge is -2.40. The average molecular weight is 186 g/mol. The summed E-state index contributed by atoms with van der Waals surface area (Å²) < 4.78 is 0. The second kappa shape index (κ2) is 4.40. The van der Waals surface area contributed by atoms with Gasteiger partial charge in [-0.15, -0.1) is 0 Å². The van der Waals surface area contributed by atoms with Crippen molar-refractivity contribution in [3.8, 4) is 0 Å². The molecule has 13 heavy (non-hydrogen) atoms. The Hall–Kier alpha value is -0.120. The number of likely N-dealkylation sites (N-methyl/N-ethyl adjacent to an activating group) is 1. The first-order chi connectivity index (χ1) is 6.11. The van der Waals surface area contributed by atoms with Gasteiger partial charge in [0, 0.05) is 25.7 Å². The Kier molecular flexibility index (Phi) is 3.71. The summed E-state index contributed by atoms with van der Waals surface area (Å²) in [6.07, 6.45) is 1.68. The molecule has 1 heterocycles. The van der Waals surface area contributed by atoms with Crippen LogP contribution in [0.3, 0.4) is 0 Å². The zero-order chi connectivity index (χ0) is 9.90. The second-order valence-electron chi connectivity index (χ2n) is 4.16. The van der Waals surface area contributed by atoms with Gasteiger partial charge in [0.05, 0.1) is 5.60 Å². The van der Waals surface area contributed by atoms with Crippen molar-refractivity contribution in [2.45, 2.75) is 38.3 Å². The highest BCUT2D eigenvalue weighted by atomic mass is 16.3. The van der Waals surface area contributed by atoms with E-state index in [1.54, 1.807) is 0 Å². The number of aliphatic hydroxyl groups is 1. The van der Waals surface area contributed by atoms with Crippen LogP contribution < -0.4 is 5.32 Å². The van der Waals surface area contributed by atoms with Gasteiger partial charge in [-0.2, -0.15) is 0 Å². The van der Waals surface area contributed by atoms with E-state index in [0.717, 1.165) is 32.5 Å². The highest BCUT2D eigenvalue weighted by Crippen LogP contribution is 2.17. The van der Waals surface area contributed by atoms with Crippen molar-refractivity contribution in [2.24, 2.45) is 0 Å². The van der Waals surface area contributed by atoms with Gasteiger partial charge in [-0.05, 0) is 19.9 Å². The van der Waals surface area contributed by atoms with E-state index in [9.17, 15) is 5.11 Å². The molecule has 3 nitrogen and oxygen atoms in total. The van der Waals surface area contributed by atoms with Crippen molar-refractivity contribution in [1.29, 1.82) is 0 Å². The molecule has 1 saturated heterocycles. The van der Waals surface area contributed by atoms with Gasteiger partial charge in [-0.3, -0.25) is 4.90 Å². The van der Waals surface area contributed by atoms with E-state index in [2.05, 4.69) is 31.1 Å². The molecule has 0 aromatic carbocycles. The molecule has 0 unspecified atom stereocenters. The summed E-state index contributed by atoms with van der Waals surface area (Å²) in [5.74, 6) is 0. The van der Waals surface area contributed by atoms with Crippen molar-refractivity contribution < 1.29 is 5.11 Å². The summed E-state index contributed by atoms with van der Waals surface area (Å²) in [4.78, 5) is 2.27. The summed E-state index contributed by atoms with van der Waals surface area (Å²) in [5.41, 5.74) is -0.482. The van der Waals surface area contributed by atoms with Crippen LogP contribution in [0, 0.1) is 0 Å². The van der Waals surface area contributed by atoms with E-state index in [1.807, 2.05) is 0 Å². The lowest BCUT2D eigenvalue weighted by molar-refractivity contribution is -0.0128. The Balaban J connectivity index is 2.35. The third-order valence-electron chi connectivity index (χ3n) is 3.24. The standard InChI is InChI=1S/C10H22N2O/c1-4-10(13,5-2)8-12(3)9-6-11-7-9/h9,11,13H,4-8H2,1-3H3. The zero-order valence-corrected chi connectivity index (χ0v) is 9.01. The predicted octanol–water partition coefficient (Wildman–Crippen LogP) is 0.441. The molecule has 0 aliphatic carbocycles. The largest absolute Gasteiger partial charge is 0.389 e. The first kappa shape index (κ1) is 11.0. The minimum absolute atomic E-state index is 0.482. The number of nitrogens with one attached hydrogen (secondary N) is 1. The number of rotatable bonds is 5. The van der Waals surface area contributed by atoms with Crippen molar-refractivity contribution >= 4 is 0 Å². The molecule has 0 bridgehead atoms. The van der Waals surface area contributed by atoms with Crippen LogP contribution in [0.15, 0.2) is 0 Å². The first-order valence-electron chi connectivity index (χ1n) is 5.24. The fourth-order valence-electron chi connectivity index (χ4n) is 1.65. The van der Waals surface area contributed by atoms with Gasteiger partial charge in [-0.25, -0.2) is 0 Å². The Bertz CT molecular complexity index is 153. The molecule has 0 saturated carbocycles. The number of hydrogen-bond donors (Lipinski definition) is 2. The van der Waals surface area contributed by atoms with Crippen LogP contribution in [-0.2, 0) is 0 Å². The van der Waals surface area contributed by atoms with Gasteiger partial charge < -0.3 is 10.4 Å². The number of hydrogen-bond acceptors (Lipinski definition) is 3. The van der Waals surface area contributed by atoms with Crippen molar-refractivity contribution in [3.05, 3.63) is 0 Å². The fourth-order valence-corrected chi connectivity index (χ4v) is 1.65. The van der Waals surface area contributed by atoms with Gasteiger partial charge in [0.25, 0.3) is 0 Å². The molecule has 0 aromatic heterocycles. The molecule has 1 aliphatic heterocycles. The Morgan fingerprint density at radius 2 is 1.92 bits per heavy atom. The van der Waals surface area contributed by atoms with E-state index in [0.29, 0.717) is 6.04 Å². The summed E-state index contributed by atoms with van der Waals surface area (Å²) in [7, 11) is 2.10. The first-order valence-corrected chi connectivity index (χ1v) is 5.24. The van der Waals surface area contributed by atoms with Gasteiger partial charge in [0.15, 0.2) is 0 Å². The fraction of sp³-hybridized carbons (Fsp3) is 1.00. The quantitative estimate of drug-likeness (QED) is 0.654. The molecule has 78 valence electrons. The maximum atomic E-state index is 10.1. The van der Waals surface area contributed by atoms with Crippen LogP contribution in [0.2, 0.25) is 0 Å². The maximum Gasteiger partial charge on any atom is 0.0768 e. The minimum Gasteiger partial charge on any atom is -0.389 e. The molecule has 1 fully saturated rings. The summed E-state index contributed by atoms with van der Waals surface area (Å²) in [6, 6.07) is 0.629. The Morgan fingerprint density at radius 3 is 2.23 bits per heavy atom. The molecular weight excluding hydrogens is 164 g/mol. The third kappa shape index (κ3) is 2.66. The lowest BCUT2D eigenvalue weighted by atomic mass is 9.96. The Labute approximate surface area is 81.1 Å². The van der Waals surface area contributed by atoms with Gasteiger partial charge in [-0.1, -0.05) is 13.8 Å². The van der Waals surface area contributed by atoms with Crippen LogP contribution in [0.5, 0.6) is 0 Å². The molecule has 0 atom stereocenters. The molecule has 1 aliphatic rings. The monoisotopic (exact) mass is 186 g/mol. The molecule has 0 spiro atoms. The van der Waals surface area contributed by atoms with Crippen LogP contribution in [-0.4, -0.2) is 48.3 Å². The molecule has 0 amide bonds. The van der Waals surface area contributed by atoms with E-state index >= 15 is 0 Å². The Morgan fingerprint density at radius 1 is 1.38 bits per heavy atom. The molecule has 0 radical (unpaired) electrons. The highest BCUT2D eigenvalue weighted by molar-refractivity contribution is 4.87. The van der Waals surface area contributed by atoms with Crippen molar-refractivity contribution in [2.75, 3.05) is 26.7 Å². The topological polar surface area (TPSA) is 35.5 Å². The van der Waals surface area contributed by atoms with Crippen LogP contribution in [0.25, 0.3) is 0 Å². The minimum atomic E-state index is -0.482. The molecular formula is C10H22N2O. The van der Waals surface area contributed by atoms with Crippen LogP contribution in [0.4, 0.5) is 0 Å². The molecule has 0 aromatic rings. The summed E-state index contributed by atoms with van der Waals surface area (Å²) >= 11 is 0. The molecule has 1 rings (SSSR count). The van der Waals surface area contributed by atoms with E-state index < -0.39 is 5.60 Å². The smallest absolute Gasteiger partial charge is 0.0768 e. The maximum absolute atomic E-state index is 10.1. The SMILES string of the molecule is CCC(O)(CC)CN(C)C1CNC1. The number of nitrogens with zero attached hydrogens (tertiary/aromatic N) is 1. The highest BCUT2D eigenvalue weighted by Gasteiger charge is 2.29. The second-order valence-corrected chi connectivity index (χ2v) is 4.16. The third-order valence-corrected chi connectivity index (χ3v) is 3.24. The van der Waals surface area contributed by atoms with Gasteiger partial charge in [0.1, 0.15) is 0 Å². The zero-order valence-electron chi connectivity index (χ0n) is 9.01. The predicted molar refractivity (Wildman–Crippen MR) is 54.8 cm³/mol. The summed E-state index contributed by atoms with van der Waals surface area (Å²) in [5, 5.41) is 13.3. The normalized spacial score (nSPS) is 19.2. The molecule has 2 N–H and O–H groups in total. The van der Waals surface area contributed by atoms with Crippen LogP contribution >= 0.6 is 0 Å². The van der Waals surface area contributed by atoms with Gasteiger partial charge in [0.2, 0.25) is 0 Å². The van der Waals surface area contributed by atoms with E-state index in [4.69, 9.17) is 0 Å². The average Bonchev–Trinajstić information content (AvgIpc) is 2.01. The summed E-state index contributed by atoms with van der Waals surface area (Å²) in [6.45, 7) is 7.04. The van der Waals surface area contributed by atoms with Crippen molar-refractivity contribution in [3.63, 3.8) is 0 Å². The van der Waals surface area contributed by atoms with E-state index in [-0.39, 0.29) is 0 Å². The van der Waals surface area contributed by atoms with Crippen molar-refractivity contribution in [1.82, 2.24) is 10.2 Å².